The van der Waals surface area contributed by atoms with E-state index in [4.69, 9.17) is 32.7 Å². The van der Waals surface area contributed by atoms with Gasteiger partial charge in [-0.15, -0.1) is 0 Å². The Morgan fingerprint density at radius 1 is 0.889 bits per heavy atom. The molecule has 0 saturated carbocycles. The second kappa shape index (κ2) is 13.3. The number of halogens is 2. The van der Waals surface area contributed by atoms with E-state index in [9.17, 15) is 14.4 Å². The molecule has 2 aromatic rings. The van der Waals surface area contributed by atoms with Crippen LogP contribution in [0, 0.1) is 0 Å². The first-order valence-electron chi connectivity index (χ1n) is 12.1. The van der Waals surface area contributed by atoms with E-state index in [2.05, 4.69) is 12.2 Å². The molecule has 36 heavy (non-hydrogen) atoms. The summed E-state index contributed by atoms with van der Waals surface area (Å²) in [6.45, 7) is 5.01. The Kier molecular flexibility index (Phi) is 10.2. The van der Waals surface area contributed by atoms with Crippen molar-refractivity contribution in [2.75, 3.05) is 18.1 Å². The molecule has 192 valence electrons. The molecule has 1 N–H and O–H groups in total. The standard InChI is InChI=1S/C27H30Cl2N2O5/c1-3-5-6-7-8-9-14-36-24-22(28)16-18(17-23(24)29)15-21-25(32)30-27(34)31(26(21)33)19-10-12-20(13-11-19)35-4-2/h10-13,15-17H,3-9,14H2,1-2H3,(H,30,32,34)/b21-15+. The molecule has 0 bridgehead atoms. The molecule has 4 amide bonds. The van der Waals surface area contributed by atoms with Crippen LogP contribution in [0.2, 0.25) is 10.0 Å². The lowest BCUT2D eigenvalue weighted by atomic mass is 10.1. The van der Waals surface area contributed by atoms with Crippen molar-refractivity contribution in [1.29, 1.82) is 0 Å². The second-order valence-corrected chi connectivity index (χ2v) is 9.13. The molecule has 1 fully saturated rings. The molecule has 0 aromatic heterocycles. The molecule has 1 aliphatic rings. The summed E-state index contributed by atoms with van der Waals surface area (Å²) in [6.07, 6.45) is 8.13. The number of imide groups is 2. The summed E-state index contributed by atoms with van der Waals surface area (Å²) in [5.74, 6) is -0.605. The Balaban J connectivity index is 1.74. The predicted molar refractivity (Wildman–Crippen MR) is 142 cm³/mol. The number of amides is 4. The number of anilines is 1. The van der Waals surface area contributed by atoms with Crippen LogP contribution in [0.5, 0.6) is 11.5 Å². The number of ether oxygens (including phenoxy) is 2. The molecule has 1 saturated heterocycles. The van der Waals surface area contributed by atoms with Gasteiger partial charge in [0, 0.05) is 0 Å². The van der Waals surface area contributed by atoms with E-state index in [1.165, 1.54) is 25.3 Å². The number of rotatable bonds is 12. The van der Waals surface area contributed by atoms with Crippen LogP contribution in [-0.4, -0.2) is 31.1 Å². The van der Waals surface area contributed by atoms with E-state index < -0.39 is 17.8 Å². The maximum Gasteiger partial charge on any atom is 0.335 e. The third kappa shape index (κ3) is 7.02. The molecule has 0 aliphatic carbocycles. The van der Waals surface area contributed by atoms with Crippen LogP contribution in [0.25, 0.3) is 6.08 Å². The van der Waals surface area contributed by atoms with Crippen molar-refractivity contribution in [2.24, 2.45) is 0 Å². The minimum Gasteiger partial charge on any atom is -0.494 e. The van der Waals surface area contributed by atoms with Crippen LogP contribution in [0.4, 0.5) is 10.5 Å². The Hall–Kier alpha value is -3.03. The molecule has 1 aliphatic heterocycles. The van der Waals surface area contributed by atoms with Crippen LogP contribution < -0.4 is 19.7 Å². The van der Waals surface area contributed by atoms with Gasteiger partial charge in [0.05, 0.1) is 28.9 Å². The van der Waals surface area contributed by atoms with Gasteiger partial charge in [0.25, 0.3) is 11.8 Å². The monoisotopic (exact) mass is 532 g/mol. The smallest absolute Gasteiger partial charge is 0.335 e. The summed E-state index contributed by atoms with van der Waals surface area (Å²) in [6, 6.07) is 8.72. The van der Waals surface area contributed by atoms with Gasteiger partial charge in [-0.1, -0.05) is 62.2 Å². The minimum absolute atomic E-state index is 0.226. The van der Waals surface area contributed by atoms with Gasteiger partial charge in [0.2, 0.25) is 0 Å². The average Bonchev–Trinajstić information content (AvgIpc) is 2.83. The fourth-order valence-corrected chi connectivity index (χ4v) is 4.39. The van der Waals surface area contributed by atoms with Gasteiger partial charge in [-0.05, 0) is 61.4 Å². The zero-order valence-corrected chi connectivity index (χ0v) is 22.0. The van der Waals surface area contributed by atoms with Crippen molar-refractivity contribution in [3.63, 3.8) is 0 Å². The topological polar surface area (TPSA) is 84.9 Å². The Morgan fingerprint density at radius 3 is 2.17 bits per heavy atom. The van der Waals surface area contributed by atoms with Gasteiger partial charge >= 0.3 is 6.03 Å². The maximum atomic E-state index is 13.1. The van der Waals surface area contributed by atoms with E-state index in [1.54, 1.807) is 36.4 Å². The number of nitrogens with zero attached hydrogens (tertiary/aromatic N) is 1. The van der Waals surface area contributed by atoms with E-state index in [-0.39, 0.29) is 15.6 Å². The predicted octanol–water partition coefficient (Wildman–Crippen LogP) is 6.80. The van der Waals surface area contributed by atoms with E-state index in [0.29, 0.717) is 36.0 Å². The summed E-state index contributed by atoms with van der Waals surface area (Å²) in [5.41, 5.74) is 0.502. The first-order chi connectivity index (χ1) is 17.3. The van der Waals surface area contributed by atoms with Crippen molar-refractivity contribution in [3.8, 4) is 11.5 Å². The van der Waals surface area contributed by atoms with Gasteiger partial charge in [-0.3, -0.25) is 14.9 Å². The first kappa shape index (κ1) is 27.6. The zero-order valence-electron chi connectivity index (χ0n) is 20.4. The molecule has 0 atom stereocenters. The number of carbonyl (C=O) groups is 3. The number of unbranched alkanes of at least 4 members (excludes halogenated alkanes) is 5. The maximum absolute atomic E-state index is 13.1. The largest absolute Gasteiger partial charge is 0.494 e. The molecule has 2 aromatic carbocycles. The van der Waals surface area contributed by atoms with Gasteiger partial charge < -0.3 is 9.47 Å². The van der Waals surface area contributed by atoms with Crippen molar-refractivity contribution in [3.05, 3.63) is 57.6 Å². The zero-order chi connectivity index (χ0) is 26.1. The summed E-state index contributed by atoms with van der Waals surface area (Å²) in [5, 5.41) is 2.73. The van der Waals surface area contributed by atoms with E-state index in [0.717, 1.165) is 24.2 Å². The van der Waals surface area contributed by atoms with Gasteiger partial charge in [0.1, 0.15) is 11.3 Å². The normalized spacial score (nSPS) is 14.8. The molecule has 0 spiro atoms. The average molecular weight is 533 g/mol. The Labute approximate surface area is 221 Å². The molecule has 9 heteroatoms. The van der Waals surface area contributed by atoms with Crippen molar-refractivity contribution in [1.82, 2.24) is 5.32 Å². The number of benzene rings is 2. The molecule has 7 nitrogen and oxygen atoms in total. The highest BCUT2D eigenvalue weighted by atomic mass is 35.5. The highest BCUT2D eigenvalue weighted by molar-refractivity contribution is 6.40. The number of nitrogens with one attached hydrogen (secondary N) is 1. The van der Waals surface area contributed by atoms with Gasteiger partial charge in [-0.2, -0.15) is 0 Å². The number of barbiturate groups is 1. The van der Waals surface area contributed by atoms with Gasteiger partial charge in [0.15, 0.2) is 5.75 Å². The molecular weight excluding hydrogens is 503 g/mol. The lowest BCUT2D eigenvalue weighted by molar-refractivity contribution is -0.122. The van der Waals surface area contributed by atoms with Crippen LogP contribution in [0.1, 0.15) is 57.9 Å². The third-order valence-electron chi connectivity index (χ3n) is 5.58. The number of hydrogen-bond acceptors (Lipinski definition) is 5. The molecule has 0 radical (unpaired) electrons. The highest BCUT2D eigenvalue weighted by Gasteiger charge is 2.36. The number of carbonyl (C=O) groups excluding carboxylic acids is 3. The third-order valence-corrected chi connectivity index (χ3v) is 6.15. The Bertz CT molecular complexity index is 1110. The Morgan fingerprint density at radius 2 is 1.53 bits per heavy atom. The van der Waals surface area contributed by atoms with Crippen LogP contribution in [0.3, 0.4) is 0 Å². The fraction of sp³-hybridized carbons (Fsp3) is 0.370. The molecule has 0 unspecified atom stereocenters. The second-order valence-electron chi connectivity index (χ2n) is 8.31. The highest BCUT2D eigenvalue weighted by Crippen LogP contribution is 2.35. The summed E-state index contributed by atoms with van der Waals surface area (Å²) >= 11 is 12.8. The lowest BCUT2D eigenvalue weighted by Crippen LogP contribution is -2.54. The van der Waals surface area contributed by atoms with Crippen molar-refractivity contribution < 1.29 is 23.9 Å². The van der Waals surface area contributed by atoms with Crippen LogP contribution in [-0.2, 0) is 9.59 Å². The van der Waals surface area contributed by atoms with E-state index in [1.807, 2.05) is 6.92 Å². The quantitative estimate of drug-likeness (QED) is 0.184. The van der Waals surface area contributed by atoms with Crippen LogP contribution >= 0.6 is 23.2 Å². The summed E-state index contributed by atoms with van der Waals surface area (Å²) in [7, 11) is 0. The lowest BCUT2D eigenvalue weighted by Gasteiger charge is -2.26. The fourth-order valence-electron chi connectivity index (χ4n) is 3.77. The molecule has 3 rings (SSSR count). The first-order valence-corrected chi connectivity index (χ1v) is 12.9. The molecular formula is C27H30Cl2N2O5. The number of urea groups is 1. The summed E-state index contributed by atoms with van der Waals surface area (Å²) in [4.78, 5) is 38.9. The minimum atomic E-state index is -0.833. The van der Waals surface area contributed by atoms with E-state index >= 15 is 0 Å². The molecule has 1 heterocycles. The number of hydrogen-bond donors (Lipinski definition) is 1. The van der Waals surface area contributed by atoms with Crippen molar-refractivity contribution in [2.45, 2.75) is 52.4 Å². The van der Waals surface area contributed by atoms with Crippen LogP contribution in [0.15, 0.2) is 42.0 Å². The SMILES string of the molecule is CCCCCCCCOc1c(Cl)cc(/C=C2\C(=O)NC(=O)N(c3ccc(OCC)cc3)C2=O)cc1Cl. The van der Waals surface area contributed by atoms with Crippen molar-refractivity contribution >= 4 is 52.8 Å². The summed E-state index contributed by atoms with van der Waals surface area (Å²) < 4.78 is 11.2. The van der Waals surface area contributed by atoms with Gasteiger partial charge in [-0.25, -0.2) is 9.69 Å².